The number of nitrogens with zero attached hydrogens (tertiary/aromatic N) is 1. The fraction of sp³-hybridized carbons (Fsp3) is 0.250. The third-order valence-corrected chi connectivity index (χ3v) is 3.72. The van der Waals surface area contributed by atoms with Crippen LogP contribution in [0.1, 0.15) is 18.9 Å². The Hall–Kier alpha value is -1.13. The average molecular weight is 250 g/mol. The van der Waals surface area contributed by atoms with Crippen molar-refractivity contribution in [2.45, 2.75) is 19.8 Å². The maximum Gasteiger partial charge on any atom is 0.181 e. The Labute approximate surface area is 104 Å². The molecule has 0 unspecified atom stereocenters. The normalized spacial score (nSPS) is 10.6. The number of aryl methyl sites for hydroxylation is 1. The van der Waals surface area contributed by atoms with E-state index < -0.39 is 0 Å². The van der Waals surface area contributed by atoms with Gasteiger partial charge in [0.25, 0.3) is 0 Å². The van der Waals surface area contributed by atoms with Gasteiger partial charge in [0, 0.05) is 12.4 Å². The topological polar surface area (TPSA) is 20.7 Å². The number of rotatable bonds is 4. The molecule has 4 heteroatoms. The number of thiophene rings is 1. The summed E-state index contributed by atoms with van der Waals surface area (Å²) in [6, 6.07) is 2.22. The molecule has 0 radical (unpaired) electrons. The van der Waals surface area contributed by atoms with Gasteiger partial charge in [-0.15, -0.1) is 11.3 Å². The lowest BCUT2D eigenvalue weighted by atomic mass is 10.2. The largest absolute Gasteiger partial charge is 0.330 e. The van der Waals surface area contributed by atoms with E-state index in [-0.39, 0.29) is 0 Å². The molecule has 2 nitrogen and oxygen atoms in total. The molecule has 0 aromatic carbocycles. The zero-order chi connectivity index (χ0) is 11.5. The Balaban J connectivity index is 2.34. The number of hydrogen-bond acceptors (Lipinski definition) is 2. The Morgan fingerprint density at radius 2 is 2.44 bits per heavy atom. The monoisotopic (exact) mass is 250 g/mol. The third-order valence-electron chi connectivity index (χ3n) is 2.40. The summed E-state index contributed by atoms with van der Waals surface area (Å²) >= 11 is 6.92. The number of H-pyrrole nitrogens is 1. The predicted octanol–water partition coefficient (Wildman–Crippen LogP) is 4.33. The van der Waals surface area contributed by atoms with Crippen LogP contribution in [0.25, 0.3) is 16.8 Å². The van der Waals surface area contributed by atoms with E-state index in [0.29, 0.717) is 4.77 Å². The first kappa shape index (κ1) is 11.4. The van der Waals surface area contributed by atoms with Gasteiger partial charge < -0.3 is 4.98 Å². The zero-order valence-corrected chi connectivity index (χ0v) is 10.8. The molecule has 0 bridgehead atoms. The fourth-order valence-corrected chi connectivity index (χ4v) is 2.76. The van der Waals surface area contributed by atoms with Gasteiger partial charge >= 0.3 is 0 Å². The molecule has 0 fully saturated rings. The highest BCUT2D eigenvalue weighted by atomic mass is 32.1. The quantitative estimate of drug-likeness (QED) is 0.801. The minimum atomic E-state index is 0.690. The van der Waals surface area contributed by atoms with Crippen LogP contribution < -0.4 is 0 Å². The van der Waals surface area contributed by atoms with E-state index in [4.69, 9.17) is 12.2 Å². The molecule has 2 aromatic heterocycles. The van der Waals surface area contributed by atoms with E-state index in [1.807, 2.05) is 10.8 Å². The highest BCUT2D eigenvalue weighted by Crippen LogP contribution is 2.26. The molecule has 0 saturated carbocycles. The molecule has 1 N–H and O–H groups in total. The lowest BCUT2D eigenvalue weighted by Gasteiger charge is -1.90. The first-order valence-electron chi connectivity index (χ1n) is 5.26. The summed E-state index contributed by atoms with van der Waals surface area (Å²) < 4.78 is 2.51. The lowest BCUT2D eigenvalue weighted by molar-refractivity contribution is 0.927. The summed E-state index contributed by atoms with van der Waals surface area (Å²) in [5.74, 6) is 0. The molecular weight excluding hydrogens is 236 g/mol. The van der Waals surface area contributed by atoms with Crippen molar-refractivity contribution in [3.05, 3.63) is 34.6 Å². The Morgan fingerprint density at radius 3 is 3.06 bits per heavy atom. The third kappa shape index (κ3) is 2.18. The van der Waals surface area contributed by atoms with Crippen molar-refractivity contribution < 1.29 is 0 Å². The summed E-state index contributed by atoms with van der Waals surface area (Å²) in [5, 5.41) is 2.21. The minimum absolute atomic E-state index is 0.690. The van der Waals surface area contributed by atoms with E-state index in [1.165, 1.54) is 16.9 Å². The van der Waals surface area contributed by atoms with Crippen molar-refractivity contribution in [2.75, 3.05) is 0 Å². The molecule has 0 atom stereocenters. The molecule has 2 rings (SSSR count). The predicted molar refractivity (Wildman–Crippen MR) is 73.3 cm³/mol. The number of imidazole rings is 1. The van der Waals surface area contributed by atoms with Gasteiger partial charge in [-0.05, 0) is 35.6 Å². The highest BCUT2D eigenvalue weighted by Gasteiger charge is 2.05. The number of hydrogen-bond donors (Lipinski definition) is 1. The van der Waals surface area contributed by atoms with Crippen molar-refractivity contribution in [2.24, 2.45) is 0 Å². The second-order valence-electron chi connectivity index (χ2n) is 3.63. The van der Waals surface area contributed by atoms with Crippen LogP contribution in [0.5, 0.6) is 0 Å². The first-order valence-corrected chi connectivity index (χ1v) is 6.55. The Kier molecular flexibility index (Phi) is 3.41. The molecule has 0 saturated heterocycles. The lowest BCUT2D eigenvalue weighted by Crippen LogP contribution is -1.78. The van der Waals surface area contributed by atoms with Gasteiger partial charge in [-0.1, -0.05) is 19.9 Å². The summed E-state index contributed by atoms with van der Waals surface area (Å²) in [5.41, 5.74) is 2.46. The van der Waals surface area contributed by atoms with E-state index in [9.17, 15) is 0 Å². The van der Waals surface area contributed by atoms with E-state index in [2.05, 4.69) is 29.9 Å². The smallest absolute Gasteiger partial charge is 0.181 e. The van der Waals surface area contributed by atoms with Crippen molar-refractivity contribution in [3.8, 4) is 10.6 Å². The summed E-state index contributed by atoms with van der Waals surface area (Å²) in [7, 11) is 0. The summed E-state index contributed by atoms with van der Waals surface area (Å²) in [6.45, 7) is 5.91. The second kappa shape index (κ2) is 4.80. The van der Waals surface area contributed by atoms with Gasteiger partial charge in [0.2, 0.25) is 0 Å². The standard InChI is InChI=1S/C12H14N2S2/c1-3-5-9-6-11(16-8-9)10-7-14(4-2)12(15)13-10/h4,6-8H,2-3,5H2,1H3,(H,13,15). The SMILES string of the molecule is C=Cn1cc(-c2cc(CCC)cs2)[nH]c1=S. The minimum Gasteiger partial charge on any atom is -0.330 e. The molecule has 0 amide bonds. The van der Waals surface area contributed by atoms with E-state index in [0.717, 1.165) is 12.1 Å². The van der Waals surface area contributed by atoms with Gasteiger partial charge in [0.1, 0.15) is 0 Å². The molecule has 0 spiro atoms. The Bertz CT molecular complexity index is 545. The maximum atomic E-state index is 5.17. The van der Waals surface area contributed by atoms with Gasteiger partial charge in [0.15, 0.2) is 4.77 Å². The molecule has 2 heterocycles. The van der Waals surface area contributed by atoms with Crippen molar-refractivity contribution >= 4 is 29.8 Å². The van der Waals surface area contributed by atoms with Crippen molar-refractivity contribution in [1.82, 2.24) is 9.55 Å². The molecule has 2 aromatic rings. The van der Waals surface area contributed by atoms with Crippen LogP contribution in [-0.2, 0) is 6.42 Å². The second-order valence-corrected chi connectivity index (χ2v) is 4.93. The van der Waals surface area contributed by atoms with Gasteiger partial charge in [0.05, 0.1) is 10.6 Å². The van der Waals surface area contributed by atoms with Crippen LogP contribution in [0.4, 0.5) is 0 Å². The fourth-order valence-electron chi connectivity index (χ4n) is 1.61. The number of nitrogens with one attached hydrogen (secondary N) is 1. The van der Waals surface area contributed by atoms with Gasteiger partial charge in [-0.25, -0.2) is 0 Å². The molecule has 16 heavy (non-hydrogen) atoms. The maximum absolute atomic E-state index is 5.17. The molecular formula is C12H14N2S2. The van der Waals surface area contributed by atoms with Crippen molar-refractivity contribution in [1.29, 1.82) is 0 Å². The van der Waals surface area contributed by atoms with E-state index in [1.54, 1.807) is 17.5 Å². The first-order chi connectivity index (χ1) is 7.74. The van der Waals surface area contributed by atoms with Crippen molar-refractivity contribution in [3.63, 3.8) is 0 Å². The van der Waals surface area contributed by atoms with Gasteiger partial charge in [-0.2, -0.15) is 0 Å². The highest BCUT2D eigenvalue weighted by molar-refractivity contribution is 7.71. The number of aromatic amines is 1. The van der Waals surface area contributed by atoms with E-state index >= 15 is 0 Å². The molecule has 84 valence electrons. The zero-order valence-electron chi connectivity index (χ0n) is 9.19. The van der Waals surface area contributed by atoms with Crippen LogP contribution >= 0.6 is 23.6 Å². The molecule has 0 aliphatic rings. The Morgan fingerprint density at radius 1 is 1.62 bits per heavy atom. The van der Waals surface area contributed by atoms with Gasteiger partial charge in [-0.3, -0.25) is 4.57 Å². The number of aromatic nitrogens is 2. The van der Waals surface area contributed by atoms with Crippen LogP contribution in [-0.4, -0.2) is 9.55 Å². The molecule has 0 aliphatic heterocycles. The van der Waals surface area contributed by atoms with Crippen LogP contribution in [0.2, 0.25) is 0 Å². The average Bonchev–Trinajstić information content (AvgIpc) is 2.85. The van der Waals surface area contributed by atoms with Crippen LogP contribution in [0.15, 0.2) is 24.2 Å². The van der Waals surface area contributed by atoms with Crippen LogP contribution in [0.3, 0.4) is 0 Å². The summed E-state index contributed by atoms with van der Waals surface area (Å²) in [4.78, 5) is 4.42. The molecule has 0 aliphatic carbocycles. The van der Waals surface area contributed by atoms with Crippen LogP contribution in [0, 0.1) is 4.77 Å². The summed E-state index contributed by atoms with van der Waals surface area (Å²) in [6.07, 6.45) is 6.01.